The number of hydrogen-bond donors (Lipinski definition) is 0. The van der Waals surface area contributed by atoms with Gasteiger partial charge in [0.05, 0.1) is 42.5 Å². The highest BCUT2D eigenvalue weighted by molar-refractivity contribution is 6.11. The fourth-order valence-corrected chi connectivity index (χ4v) is 4.69. The predicted molar refractivity (Wildman–Crippen MR) is 120 cm³/mol. The summed E-state index contributed by atoms with van der Waals surface area (Å²) in [5.74, 6) is -5.71. The summed E-state index contributed by atoms with van der Waals surface area (Å²) in [4.78, 5) is 50.7. The summed E-state index contributed by atoms with van der Waals surface area (Å²) in [5, 5.41) is 0. The van der Waals surface area contributed by atoms with E-state index >= 15 is 0 Å². The molecule has 8 nitrogen and oxygen atoms in total. The van der Waals surface area contributed by atoms with E-state index in [-0.39, 0.29) is 23.9 Å². The van der Waals surface area contributed by atoms with Crippen LogP contribution in [0.15, 0.2) is 0 Å². The summed E-state index contributed by atoms with van der Waals surface area (Å²) in [6.45, 7) is 16.2. The largest absolute Gasteiger partial charge is 0.435 e. The van der Waals surface area contributed by atoms with Gasteiger partial charge in [-0.1, -0.05) is 27.7 Å². The number of ether oxygens (including phenoxy) is 4. The molecule has 33 heavy (non-hydrogen) atoms. The molecule has 2 saturated heterocycles. The maximum Gasteiger partial charge on any atom is 0.313 e. The van der Waals surface area contributed by atoms with Crippen molar-refractivity contribution in [3.8, 4) is 0 Å². The minimum atomic E-state index is -1.07. The molecular formula is C25H40O8. The Labute approximate surface area is 197 Å². The second-order valence-electron chi connectivity index (χ2n) is 10.5. The first-order chi connectivity index (χ1) is 15.2. The third kappa shape index (κ3) is 5.38. The van der Waals surface area contributed by atoms with Crippen LogP contribution >= 0.6 is 0 Å². The summed E-state index contributed by atoms with van der Waals surface area (Å²) in [6.07, 6.45) is -1.45. The van der Waals surface area contributed by atoms with Crippen molar-refractivity contribution in [3.05, 3.63) is 0 Å². The molecule has 2 aliphatic heterocycles. The van der Waals surface area contributed by atoms with E-state index in [9.17, 15) is 19.2 Å². The molecule has 2 fully saturated rings. The first-order valence-electron chi connectivity index (χ1n) is 11.9. The molecule has 2 heterocycles. The van der Waals surface area contributed by atoms with Gasteiger partial charge in [0.1, 0.15) is 11.6 Å². The number of hydrogen-bond acceptors (Lipinski definition) is 8. The van der Waals surface area contributed by atoms with E-state index in [1.54, 1.807) is 41.5 Å². The van der Waals surface area contributed by atoms with Crippen LogP contribution in [0.1, 0.15) is 68.7 Å². The highest BCUT2D eigenvalue weighted by Crippen LogP contribution is 2.47. The zero-order chi connectivity index (χ0) is 25.3. The lowest BCUT2D eigenvalue weighted by molar-refractivity contribution is -0.348. The van der Waals surface area contributed by atoms with Crippen molar-refractivity contribution >= 4 is 23.3 Å². The summed E-state index contributed by atoms with van der Waals surface area (Å²) in [7, 11) is 0. The molecule has 188 valence electrons. The number of carbonyl (C=O) groups is 4. The van der Waals surface area contributed by atoms with Crippen molar-refractivity contribution in [1.29, 1.82) is 0 Å². The molecular weight excluding hydrogens is 428 g/mol. The predicted octanol–water partition coefficient (Wildman–Crippen LogP) is 3.34. The molecule has 2 rings (SSSR count). The van der Waals surface area contributed by atoms with Gasteiger partial charge in [0.2, 0.25) is 6.29 Å². The van der Waals surface area contributed by atoms with E-state index in [1.807, 2.05) is 13.8 Å². The van der Waals surface area contributed by atoms with E-state index in [0.717, 1.165) is 0 Å². The molecule has 0 saturated carbocycles. The van der Waals surface area contributed by atoms with Crippen molar-refractivity contribution < 1.29 is 38.1 Å². The van der Waals surface area contributed by atoms with Gasteiger partial charge in [-0.3, -0.25) is 19.2 Å². The molecule has 0 aromatic heterocycles. The van der Waals surface area contributed by atoms with E-state index in [0.29, 0.717) is 13.2 Å². The van der Waals surface area contributed by atoms with Gasteiger partial charge in [-0.05, 0) is 34.6 Å². The lowest BCUT2D eigenvalue weighted by atomic mass is 9.74. The van der Waals surface area contributed by atoms with Gasteiger partial charge in [0.15, 0.2) is 11.6 Å². The molecule has 8 heteroatoms. The Hall–Kier alpha value is -1.64. The van der Waals surface area contributed by atoms with Gasteiger partial charge in [-0.15, -0.1) is 0 Å². The average molecular weight is 469 g/mol. The maximum absolute atomic E-state index is 13.3. The third-order valence-electron chi connectivity index (χ3n) is 7.09. The van der Waals surface area contributed by atoms with E-state index in [1.165, 1.54) is 6.92 Å². The van der Waals surface area contributed by atoms with E-state index < -0.39 is 59.0 Å². The topological polar surface area (TPSA) is 105 Å². The molecule has 0 aliphatic carbocycles. The molecule has 7 atom stereocenters. The zero-order valence-corrected chi connectivity index (χ0v) is 21.4. The van der Waals surface area contributed by atoms with Crippen LogP contribution in [0.3, 0.4) is 0 Å². The third-order valence-corrected chi connectivity index (χ3v) is 7.09. The number of ketones is 3. The van der Waals surface area contributed by atoms with Crippen LogP contribution in [-0.4, -0.2) is 54.7 Å². The smallest absolute Gasteiger partial charge is 0.313 e. The number of Topliss-reactive ketones (excluding diaryl/α,β-unsaturated/α-hetero) is 3. The second-order valence-corrected chi connectivity index (χ2v) is 10.5. The Morgan fingerprint density at radius 3 is 1.97 bits per heavy atom. The summed E-state index contributed by atoms with van der Waals surface area (Å²) in [5.41, 5.74) is -0.740. The van der Waals surface area contributed by atoms with Gasteiger partial charge >= 0.3 is 5.97 Å². The Morgan fingerprint density at radius 2 is 1.48 bits per heavy atom. The zero-order valence-electron chi connectivity index (χ0n) is 21.4. The van der Waals surface area contributed by atoms with Gasteiger partial charge in [0.25, 0.3) is 0 Å². The van der Waals surface area contributed by atoms with Gasteiger partial charge in [-0.25, -0.2) is 0 Å². The number of esters is 1. The first-order valence-corrected chi connectivity index (χ1v) is 11.9. The molecule has 3 unspecified atom stereocenters. The van der Waals surface area contributed by atoms with Crippen LogP contribution < -0.4 is 0 Å². The monoisotopic (exact) mass is 468 g/mol. The number of carbonyl (C=O) groups excluding carboxylic acids is 4. The van der Waals surface area contributed by atoms with Crippen molar-refractivity contribution in [1.82, 2.24) is 0 Å². The molecule has 0 bridgehead atoms. The summed E-state index contributed by atoms with van der Waals surface area (Å²) in [6, 6.07) is 0. The van der Waals surface area contributed by atoms with Gasteiger partial charge in [-0.2, -0.15) is 0 Å². The fraction of sp³-hybridized carbons (Fsp3) is 0.840. The normalized spacial score (nSPS) is 29.8. The van der Waals surface area contributed by atoms with Gasteiger partial charge in [0, 0.05) is 18.3 Å². The molecule has 0 amide bonds. The molecule has 0 aromatic rings. The minimum Gasteiger partial charge on any atom is -0.435 e. The average Bonchev–Trinajstić information content (AvgIpc) is 3.26. The standard InChI is InChI=1S/C25H40O8/c1-10-18(26)13(2)19(27)14(3)20(28)15(4)21-16(5)25(30-11-12-31-25)17(6)22(32-21)33-23(29)24(7,8)9/h13-17,21-22H,10-12H2,1-9H3/t13?,14?,15-,16+,17-,21-,22?/m1/s1. The van der Waals surface area contributed by atoms with Crippen LogP contribution in [0.4, 0.5) is 0 Å². The van der Waals surface area contributed by atoms with Crippen molar-refractivity contribution in [2.75, 3.05) is 13.2 Å². The Kier molecular flexibility index (Phi) is 8.63. The van der Waals surface area contributed by atoms with Crippen LogP contribution in [-0.2, 0) is 38.1 Å². The lowest BCUT2D eigenvalue weighted by Crippen LogP contribution is -2.62. The molecule has 1 spiro atoms. The summed E-state index contributed by atoms with van der Waals surface area (Å²) < 4.78 is 24.0. The van der Waals surface area contributed by atoms with Crippen molar-refractivity contribution in [2.24, 2.45) is 35.0 Å². The van der Waals surface area contributed by atoms with Crippen LogP contribution in [0, 0.1) is 35.0 Å². The summed E-state index contributed by atoms with van der Waals surface area (Å²) >= 11 is 0. The van der Waals surface area contributed by atoms with Crippen LogP contribution in [0.25, 0.3) is 0 Å². The highest BCUT2D eigenvalue weighted by atomic mass is 16.8. The fourth-order valence-electron chi connectivity index (χ4n) is 4.69. The SMILES string of the molecule is CCC(=O)C(C)C(=O)C(C)C(=O)[C@@H](C)[C@H]1OC(OC(=O)C(C)(C)C)[C@@H](C)C2(OCCO2)[C@H]1C. The Balaban J connectivity index is 2.30. The molecule has 0 aromatic carbocycles. The quantitative estimate of drug-likeness (QED) is 0.394. The molecule has 2 aliphatic rings. The van der Waals surface area contributed by atoms with E-state index in [2.05, 4.69) is 0 Å². The van der Waals surface area contributed by atoms with E-state index in [4.69, 9.17) is 18.9 Å². The second kappa shape index (κ2) is 10.3. The Bertz CT molecular complexity index is 761. The minimum absolute atomic E-state index is 0.190. The highest BCUT2D eigenvalue weighted by Gasteiger charge is 2.60. The van der Waals surface area contributed by atoms with Crippen LogP contribution in [0.2, 0.25) is 0 Å². The Morgan fingerprint density at radius 1 is 0.939 bits per heavy atom. The molecule has 0 N–H and O–H groups in total. The lowest BCUT2D eigenvalue weighted by Gasteiger charge is -2.50. The van der Waals surface area contributed by atoms with Crippen molar-refractivity contribution in [3.63, 3.8) is 0 Å². The van der Waals surface area contributed by atoms with Gasteiger partial charge < -0.3 is 18.9 Å². The first kappa shape index (κ1) is 27.6. The van der Waals surface area contributed by atoms with Crippen molar-refractivity contribution in [2.45, 2.75) is 86.9 Å². The maximum atomic E-state index is 13.3. The molecule has 0 radical (unpaired) electrons. The number of rotatable bonds is 8. The van der Waals surface area contributed by atoms with Crippen LogP contribution in [0.5, 0.6) is 0 Å².